The molecule has 0 saturated carbocycles. The molecule has 4 N–H and O–H groups in total. The first-order valence-corrected chi connectivity index (χ1v) is 9.57. The van der Waals surface area contributed by atoms with Crippen LogP contribution in [0.5, 0.6) is 0 Å². The lowest BCUT2D eigenvalue weighted by Crippen LogP contribution is -2.61. The minimum atomic E-state index is -2.81. The van der Waals surface area contributed by atoms with E-state index >= 15 is 0 Å². The summed E-state index contributed by atoms with van der Waals surface area (Å²) in [5, 5.41) is 7.17. The smallest absolute Gasteiger partial charge is 0.279 e. The molecule has 8 nitrogen and oxygen atoms in total. The summed E-state index contributed by atoms with van der Waals surface area (Å²) in [5.74, 6) is 1.18. The summed E-state index contributed by atoms with van der Waals surface area (Å²) in [7, 11) is 0. The number of halogens is 2. The second-order valence-electron chi connectivity index (χ2n) is 6.90. The van der Waals surface area contributed by atoms with Gasteiger partial charge in [0.25, 0.3) is 6.43 Å². The number of anilines is 1. The zero-order chi connectivity index (χ0) is 21.0. The maximum atomic E-state index is 12.4. The highest BCUT2D eigenvalue weighted by molar-refractivity contribution is 5.97. The average Bonchev–Trinajstić information content (AvgIpc) is 3.20. The second-order valence-corrected chi connectivity index (χ2v) is 6.90. The van der Waals surface area contributed by atoms with Crippen LogP contribution < -0.4 is 10.6 Å². The Morgan fingerprint density at radius 2 is 2.17 bits per heavy atom. The van der Waals surface area contributed by atoms with Crippen LogP contribution in [-0.4, -0.2) is 75.2 Å². The van der Waals surface area contributed by atoms with Crippen LogP contribution in [0.3, 0.4) is 0 Å². The molecule has 0 aromatic carbocycles. The van der Waals surface area contributed by atoms with Crippen molar-refractivity contribution in [2.75, 3.05) is 31.1 Å². The van der Waals surface area contributed by atoms with Gasteiger partial charge in [-0.25, -0.2) is 23.7 Å². The van der Waals surface area contributed by atoms with E-state index in [2.05, 4.69) is 43.6 Å². The molecule has 2 aromatic rings. The van der Waals surface area contributed by atoms with Crippen LogP contribution in [0, 0.1) is 5.41 Å². The topological polar surface area (TPSA) is 111 Å². The fourth-order valence-corrected chi connectivity index (χ4v) is 3.62. The summed E-state index contributed by atoms with van der Waals surface area (Å²) in [6.45, 7) is 7.58. The van der Waals surface area contributed by atoms with Gasteiger partial charge in [0.15, 0.2) is 0 Å². The normalized spacial score (nSPS) is 20.7. The van der Waals surface area contributed by atoms with Crippen molar-refractivity contribution in [3.05, 3.63) is 30.5 Å². The van der Waals surface area contributed by atoms with E-state index in [1.54, 1.807) is 6.20 Å². The fraction of sp³-hybridized carbons (Fsp3) is 0.474. The van der Waals surface area contributed by atoms with Crippen LogP contribution in [0.15, 0.2) is 24.7 Å². The van der Waals surface area contributed by atoms with E-state index in [-0.39, 0.29) is 12.1 Å². The quantitative estimate of drug-likeness (QED) is 0.609. The van der Waals surface area contributed by atoms with Gasteiger partial charge in [-0.1, -0.05) is 6.92 Å². The molecule has 29 heavy (non-hydrogen) atoms. The van der Waals surface area contributed by atoms with Crippen LogP contribution >= 0.6 is 0 Å². The standard InChI is InChI=1S/C19H26F2N8/c1-3-28-6-7-29(12(2)16(28)9-22)18-8-14(25-11-26-18)15-10-24-17(27-15)5-4-13(23)19(20)21/h4-5,8,10-12,16,19,23H,3,6-7,9,22H2,1-2H3,(H,24,27)/b5-4-,23-13?. The summed E-state index contributed by atoms with van der Waals surface area (Å²) < 4.78 is 24.8. The van der Waals surface area contributed by atoms with Crippen LogP contribution in [0.4, 0.5) is 14.6 Å². The lowest BCUT2D eigenvalue weighted by atomic mass is 10.0. The van der Waals surface area contributed by atoms with E-state index < -0.39 is 12.1 Å². The molecule has 3 rings (SSSR count). The second kappa shape index (κ2) is 9.19. The van der Waals surface area contributed by atoms with Crippen LogP contribution in [-0.2, 0) is 0 Å². The first kappa shape index (κ1) is 21.0. The summed E-state index contributed by atoms with van der Waals surface area (Å²) in [6, 6.07) is 2.34. The number of hydrogen-bond donors (Lipinski definition) is 3. The molecular formula is C19H26F2N8. The van der Waals surface area contributed by atoms with E-state index in [1.807, 2.05) is 6.07 Å². The van der Waals surface area contributed by atoms with Gasteiger partial charge in [0.1, 0.15) is 18.0 Å². The molecule has 0 bridgehead atoms. The predicted molar refractivity (Wildman–Crippen MR) is 109 cm³/mol. The molecule has 0 amide bonds. The molecule has 0 spiro atoms. The number of nitrogens with one attached hydrogen (secondary N) is 2. The Kier molecular flexibility index (Phi) is 6.65. The highest BCUT2D eigenvalue weighted by atomic mass is 19.3. The number of imidazole rings is 1. The zero-order valence-electron chi connectivity index (χ0n) is 16.5. The Balaban J connectivity index is 1.79. The van der Waals surface area contributed by atoms with Gasteiger partial charge < -0.3 is 15.6 Å². The average molecular weight is 404 g/mol. The van der Waals surface area contributed by atoms with E-state index in [0.717, 1.165) is 31.5 Å². The number of rotatable bonds is 7. The van der Waals surface area contributed by atoms with Gasteiger partial charge in [-0.15, -0.1) is 0 Å². The number of piperazine rings is 1. The lowest BCUT2D eigenvalue weighted by molar-refractivity contribution is 0.157. The van der Waals surface area contributed by atoms with E-state index in [9.17, 15) is 8.78 Å². The lowest BCUT2D eigenvalue weighted by Gasteiger charge is -2.46. The molecule has 0 radical (unpaired) electrons. The number of aromatic amines is 1. The Morgan fingerprint density at radius 3 is 2.86 bits per heavy atom. The van der Waals surface area contributed by atoms with Crippen molar-refractivity contribution >= 4 is 17.6 Å². The van der Waals surface area contributed by atoms with Gasteiger partial charge in [-0.05, 0) is 25.6 Å². The molecule has 1 fully saturated rings. The third-order valence-electron chi connectivity index (χ3n) is 5.27. The van der Waals surface area contributed by atoms with Crippen LogP contribution in [0.25, 0.3) is 17.5 Å². The monoisotopic (exact) mass is 404 g/mol. The largest absolute Gasteiger partial charge is 0.351 e. The third kappa shape index (κ3) is 4.65. The number of nitrogens with zero attached hydrogens (tertiary/aromatic N) is 5. The molecule has 1 aliphatic rings. The van der Waals surface area contributed by atoms with Crippen LogP contribution in [0.1, 0.15) is 19.7 Å². The Bertz CT molecular complexity index is 865. The van der Waals surface area contributed by atoms with Crippen molar-refractivity contribution in [3.63, 3.8) is 0 Å². The SMILES string of the molecule is CCN1CCN(c2cc(-c3cnc(/C=C\C(=N)C(F)F)[nH]3)ncn2)C(C)C1CN. The number of nitrogens with two attached hydrogens (primary N) is 1. The minimum absolute atomic E-state index is 0.206. The van der Waals surface area contributed by atoms with E-state index in [0.29, 0.717) is 23.8 Å². The van der Waals surface area contributed by atoms with Gasteiger partial charge in [-0.2, -0.15) is 0 Å². The van der Waals surface area contributed by atoms with Gasteiger partial charge in [-0.3, -0.25) is 10.3 Å². The Hall–Kier alpha value is -2.72. The zero-order valence-corrected chi connectivity index (χ0v) is 16.5. The van der Waals surface area contributed by atoms with Crippen molar-refractivity contribution in [3.8, 4) is 11.4 Å². The first-order chi connectivity index (χ1) is 13.9. The summed E-state index contributed by atoms with van der Waals surface area (Å²) >= 11 is 0. The van der Waals surface area contributed by atoms with E-state index in [4.69, 9.17) is 11.1 Å². The number of H-pyrrole nitrogens is 1. The molecule has 10 heteroatoms. The summed E-state index contributed by atoms with van der Waals surface area (Å²) in [4.78, 5) is 20.5. The minimum Gasteiger partial charge on any atom is -0.351 e. The van der Waals surface area contributed by atoms with Crippen molar-refractivity contribution in [1.82, 2.24) is 24.8 Å². The number of allylic oxidation sites excluding steroid dienone is 1. The molecule has 3 heterocycles. The molecule has 2 aromatic heterocycles. The number of likely N-dealkylation sites (N-methyl/N-ethyl adjacent to an activating group) is 1. The summed E-state index contributed by atoms with van der Waals surface area (Å²) in [5.41, 5.74) is 6.55. The van der Waals surface area contributed by atoms with Crippen molar-refractivity contribution in [2.45, 2.75) is 32.4 Å². The van der Waals surface area contributed by atoms with Crippen molar-refractivity contribution in [2.24, 2.45) is 5.73 Å². The maximum absolute atomic E-state index is 12.4. The van der Waals surface area contributed by atoms with Gasteiger partial charge in [0.05, 0.1) is 23.3 Å². The fourth-order valence-electron chi connectivity index (χ4n) is 3.62. The van der Waals surface area contributed by atoms with Gasteiger partial charge in [0, 0.05) is 37.8 Å². The van der Waals surface area contributed by atoms with Crippen molar-refractivity contribution < 1.29 is 8.78 Å². The summed E-state index contributed by atoms with van der Waals surface area (Å²) in [6.07, 6.45) is 2.65. The third-order valence-corrected chi connectivity index (χ3v) is 5.27. The highest BCUT2D eigenvalue weighted by Gasteiger charge is 2.32. The number of aromatic nitrogens is 4. The molecule has 2 atom stereocenters. The Labute approximate surface area is 168 Å². The first-order valence-electron chi connectivity index (χ1n) is 9.57. The molecule has 1 aliphatic heterocycles. The van der Waals surface area contributed by atoms with E-state index in [1.165, 1.54) is 12.4 Å². The van der Waals surface area contributed by atoms with Gasteiger partial charge >= 0.3 is 0 Å². The Morgan fingerprint density at radius 1 is 1.38 bits per heavy atom. The molecule has 1 saturated heterocycles. The molecule has 2 unspecified atom stereocenters. The molecular weight excluding hydrogens is 378 g/mol. The maximum Gasteiger partial charge on any atom is 0.279 e. The van der Waals surface area contributed by atoms with Gasteiger partial charge in [0.2, 0.25) is 0 Å². The number of hydrogen-bond acceptors (Lipinski definition) is 7. The predicted octanol–water partition coefficient (Wildman–Crippen LogP) is 2.02. The highest BCUT2D eigenvalue weighted by Crippen LogP contribution is 2.25. The number of alkyl halides is 2. The van der Waals surface area contributed by atoms with Crippen molar-refractivity contribution in [1.29, 1.82) is 5.41 Å². The molecule has 156 valence electrons. The molecule has 0 aliphatic carbocycles. The van der Waals surface area contributed by atoms with Crippen LogP contribution in [0.2, 0.25) is 0 Å².